The molecule has 2 N–H and O–H groups in total. The molecule has 0 saturated carbocycles. The van der Waals surface area contributed by atoms with E-state index in [9.17, 15) is 9.90 Å². The standard InChI is InChI=1S/C13H9O3/c14-12-8-4-3-6-10(12)9-5-1-2-7-11(9)13(15)16/h1-5,7-8,14H,(H,15,16). The van der Waals surface area contributed by atoms with E-state index in [1.54, 1.807) is 30.3 Å². The van der Waals surface area contributed by atoms with Crippen molar-refractivity contribution in [3.8, 4) is 16.9 Å². The SMILES string of the molecule is O=C(O)c1ccccc1-c1[c]cccc1O. The Hall–Kier alpha value is -2.29. The number of benzene rings is 2. The van der Waals surface area contributed by atoms with Crippen LogP contribution in [0.15, 0.2) is 42.5 Å². The van der Waals surface area contributed by atoms with Crippen molar-refractivity contribution in [3.05, 3.63) is 54.1 Å². The molecule has 0 bridgehead atoms. The van der Waals surface area contributed by atoms with Crippen LogP contribution in [-0.4, -0.2) is 16.2 Å². The average Bonchev–Trinajstić information content (AvgIpc) is 2.29. The van der Waals surface area contributed by atoms with Crippen molar-refractivity contribution in [2.24, 2.45) is 0 Å². The molecule has 0 heterocycles. The normalized spacial score (nSPS) is 10.0. The van der Waals surface area contributed by atoms with E-state index in [0.29, 0.717) is 11.1 Å². The van der Waals surface area contributed by atoms with Crippen LogP contribution in [0.3, 0.4) is 0 Å². The van der Waals surface area contributed by atoms with Crippen LogP contribution in [0.1, 0.15) is 10.4 Å². The number of aromatic carboxylic acids is 1. The second-order valence-electron chi connectivity index (χ2n) is 3.28. The molecule has 79 valence electrons. The highest BCUT2D eigenvalue weighted by Crippen LogP contribution is 2.30. The number of aromatic hydroxyl groups is 1. The van der Waals surface area contributed by atoms with Gasteiger partial charge in [0.05, 0.1) is 5.56 Å². The van der Waals surface area contributed by atoms with Gasteiger partial charge in [-0.2, -0.15) is 0 Å². The Morgan fingerprint density at radius 3 is 2.56 bits per heavy atom. The van der Waals surface area contributed by atoms with Gasteiger partial charge in [0.25, 0.3) is 0 Å². The maximum atomic E-state index is 11.0. The topological polar surface area (TPSA) is 57.5 Å². The quantitative estimate of drug-likeness (QED) is 0.806. The molecule has 0 aliphatic rings. The summed E-state index contributed by atoms with van der Waals surface area (Å²) in [5.41, 5.74) is 1.02. The summed E-state index contributed by atoms with van der Waals surface area (Å²) in [5.74, 6) is -0.997. The van der Waals surface area contributed by atoms with Gasteiger partial charge in [-0.25, -0.2) is 4.79 Å². The van der Waals surface area contributed by atoms with E-state index in [4.69, 9.17) is 5.11 Å². The predicted molar refractivity (Wildman–Crippen MR) is 59.3 cm³/mol. The molecule has 2 rings (SSSR count). The summed E-state index contributed by atoms with van der Waals surface area (Å²) in [6.45, 7) is 0. The number of carbonyl (C=O) groups is 1. The summed E-state index contributed by atoms with van der Waals surface area (Å²) in [5, 5.41) is 18.7. The summed E-state index contributed by atoms with van der Waals surface area (Å²) in [4.78, 5) is 11.0. The van der Waals surface area contributed by atoms with Gasteiger partial charge in [0, 0.05) is 11.1 Å². The third-order valence-electron chi connectivity index (χ3n) is 2.26. The molecule has 0 atom stereocenters. The minimum atomic E-state index is -1.02. The van der Waals surface area contributed by atoms with Crippen LogP contribution in [-0.2, 0) is 0 Å². The largest absolute Gasteiger partial charge is 0.507 e. The van der Waals surface area contributed by atoms with Gasteiger partial charge >= 0.3 is 5.97 Å². The zero-order chi connectivity index (χ0) is 11.5. The molecule has 0 spiro atoms. The summed E-state index contributed by atoms with van der Waals surface area (Å²) in [7, 11) is 0. The van der Waals surface area contributed by atoms with Gasteiger partial charge < -0.3 is 10.2 Å². The van der Waals surface area contributed by atoms with E-state index in [1.165, 1.54) is 12.1 Å². The first-order chi connectivity index (χ1) is 7.70. The van der Waals surface area contributed by atoms with E-state index in [0.717, 1.165) is 0 Å². The van der Waals surface area contributed by atoms with Crippen LogP contribution < -0.4 is 0 Å². The first-order valence-corrected chi connectivity index (χ1v) is 4.72. The smallest absolute Gasteiger partial charge is 0.336 e. The molecule has 3 heteroatoms. The highest BCUT2D eigenvalue weighted by Gasteiger charge is 2.12. The van der Waals surface area contributed by atoms with Gasteiger partial charge in [-0.1, -0.05) is 30.3 Å². The number of carboxylic acids is 1. The van der Waals surface area contributed by atoms with E-state index in [-0.39, 0.29) is 11.3 Å². The second-order valence-corrected chi connectivity index (χ2v) is 3.28. The molecular weight excluding hydrogens is 204 g/mol. The third kappa shape index (κ3) is 1.75. The van der Waals surface area contributed by atoms with E-state index < -0.39 is 5.97 Å². The summed E-state index contributed by atoms with van der Waals surface area (Å²) < 4.78 is 0. The molecule has 0 amide bonds. The van der Waals surface area contributed by atoms with Crippen molar-refractivity contribution < 1.29 is 15.0 Å². The van der Waals surface area contributed by atoms with Gasteiger partial charge in [-0.15, -0.1) is 0 Å². The molecule has 0 fully saturated rings. The summed E-state index contributed by atoms with van der Waals surface area (Å²) >= 11 is 0. The van der Waals surface area contributed by atoms with Crippen LogP contribution in [0, 0.1) is 6.07 Å². The number of phenolic OH excluding ortho intramolecular Hbond substituents is 1. The minimum absolute atomic E-state index is 0.0243. The molecule has 1 radical (unpaired) electrons. The van der Waals surface area contributed by atoms with Crippen molar-refractivity contribution in [3.63, 3.8) is 0 Å². The van der Waals surface area contributed by atoms with Crippen molar-refractivity contribution in [1.82, 2.24) is 0 Å². The fraction of sp³-hybridized carbons (Fsp3) is 0. The number of carboxylic acid groups (broad SMARTS) is 1. The Morgan fingerprint density at radius 2 is 1.88 bits per heavy atom. The Labute approximate surface area is 92.6 Å². The molecule has 0 saturated heterocycles. The lowest BCUT2D eigenvalue weighted by Crippen LogP contribution is -1.99. The molecule has 3 nitrogen and oxygen atoms in total. The Bertz CT molecular complexity index is 532. The number of phenols is 1. The van der Waals surface area contributed by atoms with E-state index >= 15 is 0 Å². The number of hydrogen-bond acceptors (Lipinski definition) is 2. The first kappa shape index (κ1) is 10.2. The van der Waals surface area contributed by atoms with Crippen LogP contribution >= 0.6 is 0 Å². The number of rotatable bonds is 2. The Kier molecular flexibility index (Phi) is 2.60. The lowest BCUT2D eigenvalue weighted by atomic mass is 9.99. The lowest BCUT2D eigenvalue weighted by Gasteiger charge is -2.07. The monoisotopic (exact) mass is 213 g/mol. The van der Waals surface area contributed by atoms with Crippen LogP contribution in [0.25, 0.3) is 11.1 Å². The first-order valence-electron chi connectivity index (χ1n) is 4.72. The van der Waals surface area contributed by atoms with Crippen LogP contribution in [0.4, 0.5) is 0 Å². The van der Waals surface area contributed by atoms with Gasteiger partial charge in [0.15, 0.2) is 0 Å². The van der Waals surface area contributed by atoms with Gasteiger partial charge in [0.2, 0.25) is 0 Å². The maximum absolute atomic E-state index is 11.0. The lowest BCUT2D eigenvalue weighted by molar-refractivity contribution is 0.0698. The van der Waals surface area contributed by atoms with Crippen molar-refractivity contribution in [2.45, 2.75) is 0 Å². The molecule has 16 heavy (non-hydrogen) atoms. The van der Waals surface area contributed by atoms with Crippen LogP contribution in [0.2, 0.25) is 0 Å². The minimum Gasteiger partial charge on any atom is -0.507 e. The number of hydrogen-bond donors (Lipinski definition) is 2. The van der Waals surface area contributed by atoms with Gasteiger partial charge in [0.1, 0.15) is 5.75 Å². The van der Waals surface area contributed by atoms with Gasteiger partial charge in [-0.3, -0.25) is 0 Å². The third-order valence-corrected chi connectivity index (χ3v) is 2.26. The van der Waals surface area contributed by atoms with E-state index in [2.05, 4.69) is 6.07 Å². The van der Waals surface area contributed by atoms with Crippen molar-refractivity contribution >= 4 is 5.97 Å². The summed E-state index contributed by atoms with van der Waals surface area (Å²) in [6, 6.07) is 14.1. The zero-order valence-electron chi connectivity index (χ0n) is 8.34. The predicted octanol–water partition coefficient (Wildman–Crippen LogP) is 2.56. The molecule has 0 unspecified atom stereocenters. The fourth-order valence-corrected chi connectivity index (χ4v) is 1.53. The Morgan fingerprint density at radius 1 is 1.12 bits per heavy atom. The molecule has 2 aromatic carbocycles. The highest BCUT2D eigenvalue weighted by atomic mass is 16.4. The average molecular weight is 213 g/mol. The molecule has 2 aromatic rings. The fourth-order valence-electron chi connectivity index (χ4n) is 1.53. The van der Waals surface area contributed by atoms with Gasteiger partial charge in [-0.05, 0) is 18.2 Å². The Balaban J connectivity index is 2.65. The maximum Gasteiger partial charge on any atom is 0.336 e. The van der Waals surface area contributed by atoms with Crippen LogP contribution in [0.5, 0.6) is 5.75 Å². The van der Waals surface area contributed by atoms with Crippen molar-refractivity contribution in [1.29, 1.82) is 0 Å². The molecular formula is C13H9O3. The van der Waals surface area contributed by atoms with E-state index in [1.807, 2.05) is 0 Å². The molecule has 0 aliphatic heterocycles. The van der Waals surface area contributed by atoms with Crippen molar-refractivity contribution in [2.75, 3.05) is 0 Å². The highest BCUT2D eigenvalue weighted by molar-refractivity contribution is 5.96. The molecule has 0 aromatic heterocycles. The zero-order valence-corrected chi connectivity index (χ0v) is 8.34. The summed E-state index contributed by atoms with van der Waals surface area (Å²) in [6.07, 6.45) is 0. The second kappa shape index (κ2) is 4.06. The molecule has 0 aliphatic carbocycles.